The third-order valence-corrected chi connectivity index (χ3v) is 11.2. The number of hydrogen-bond donors (Lipinski definition) is 6. The fourth-order valence-corrected chi connectivity index (χ4v) is 6.62. The zero-order chi connectivity index (χ0) is 69.5. The van der Waals surface area contributed by atoms with E-state index in [1.807, 2.05) is 133 Å². The molecule has 0 fully saturated rings. The molecule has 30 heteroatoms. The third kappa shape index (κ3) is 34.3. The second-order valence-corrected chi connectivity index (χ2v) is 17.8. The maximum absolute atomic E-state index is 11.0. The number of hydrogen-bond acceptors (Lipinski definition) is 20. The number of allylic oxidation sites excluding steroid dienone is 1. The smallest absolute Gasteiger partial charge is 0.953 e. The van der Waals surface area contributed by atoms with Crippen LogP contribution in [0.3, 0.4) is 0 Å². The van der Waals surface area contributed by atoms with Gasteiger partial charge < -0.3 is 66.4 Å². The van der Waals surface area contributed by atoms with Crippen LogP contribution >= 0.6 is 11.8 Å². The van der Waals surface area contributed by atoms with Crippen molar-refractivity contribution in [2.24, 2.45) is 5.73 Å². The van der Waals surface area contributed by atoms with Crippen LogP contribution in [-0.4, -0.2) is 91.3 Å². The quantitative estimate of drug-likeness (QED) is 0.00809. The molecule has 10 aromatic rings. The van der Waals surface area contributed by atoms with Crippen LogP contribution in [0.5, 0.6) is 0 Å². The number of aromatic nitrogens is 6. The molecule has 0 aliphatic heterocycles. The van der Waals surface area contributed by atoms with Gasteiger partial charge in [-0.25, -0.2) is 6.08 Å². The number of nitro benzene ring substituents is 3. The molecule has 0 atom stereocenters. The number of aliphatic hydroxyl groups is 1. The first-order chi connectivity index (χ1) is 44.9. The maximum atomic E-state index is 11.0. The minimum absolute atomic E-state index is 0. The van der Waals surface area contributed by atoms with Gasteiger partial charge in [0.1, 0.15) is 0 Å². The Kier molecular flexibility index (Phi) is 50.4. The summed E-state index contributed by atoms with van der Waals surface area (Å²) in [4.78, 5) is 65.3. The van der Waals surface area contributed by atoms with Gasteiger partial charge in [0.05, 0.1) is 14.8 Å². The third-order valence-electron chi connectivity index (χ3n) is 10.8. The van der Waals surface area contributed by atoms with E-state index in [4.69, 9.17) is 32.0 Å². The molecule has 0 saturated carbocycles. The summed E-state index contributed by atoms with van der Waals surface area (Å²) in [7, 11) is -1.34. The van der Waals surface area contributed by atoms with Crippen molar-refractivity contribution in [2.75, 3.05) is 18.6 Å². The van der Waals surface area contributed by atoms with Crippen molar-refractivity contribution in [2.45, 2.75) is 55.4 Å². The number of aliphatic hydroxyl groups excluding tert-OH is 1. The molecule has 0 spiro atoms. The normalized spacial score (nSPS) is 9.00. The van der Waals surface area contributed by atoms with E-state index in [1.54, 1.807) is 86.8 Å². The van der Waals surface area contributed by atoms with Gasteiger partial charge in [-0.1, -0.05) is 235 Å². The Morgan fingerprint density at radius 3 is 1.13 bits per heavy atom. The number of nitrogens with zero attached hydrogens (tertiary/aromatic N) is 9. The van der Waals surface area contributed by atoms with Crippen LogP contribution in [0.4, 0.5) is 22.7 Å². The van der Waals surface area contributed by atoms with Gasteiger partial charge in [0, 0.05) is 66.2 Å². The van der Waals surface area contributed by atoms with Crippen LogP contribution < -0.4 is 51.6 Å². The zero-order valence-corrected chi connectivity index (χ0v) is 84.9. The molecule has 0 bridgehead atoms. The van der Waals surface area contributed by atoms with E-state index in [-0.39, 0.29) is 64.0 Å². The zero-order valence-electron chi connectivity index (χ0n) is 56.5. The van der Waals surface area contributed by atoms with Gasteiger partial charge in [-0.05, 0) is 65.3 Å². The molecular weight excluding hydrogens is 2290 g/mol. The molecule has 23 nitrogen and oxygen atoms in total. The summed E-state index contributed by atoms with van der Waals surface area (Å²) >= 11 is 1.24. The SMILES string of the molecule is CC.CC.CC.CCO.CSC(=N)N.Cc1n[c-]cc(-c2ccc([N+](=O)[O-])cc2)n1.Nc1ccc(-c2c[c-]nc(-c3ccccc3)n2)cc1.O=[C-]/C=C(\[O-])c1ccc([N+](=O)[O-])cc1.O=[N+]([O-])c1ccc(-c2c[c-]nc(-c3ccccc3)n2)cc1.OB(O)c1ccccc1.[Na+].[Rf].[Rf].[Rf].[Rf]. The Bertz CT molecular complexity index is 3810. The van der Waals surface area contributed by atoms with Crippen molar-refractivity contribution in [1.82, 2.24) is 29.9 Å². The summed E-state index contributed by atoms with van der Waals surface area (Å²) in [6, 6.07) is 58.3. The number of rotatable bonds is 11. The van der Waals surface area contributed by atoms with E-state index in [0.29, 0.717) is 34.3 Å². The molecular formula is C68H72BN12NaO11Rf4S-4. The topological polar surface area (TPSA) is 383 Å². The molecule has 0 unspecified atom stereocenters. The number of nitro groups is 3. The van der Waals surface area contributed by atoms with Gasteiger partial charge in [-0.2, -0.15) is 0 Å². The summed E-state index contributed by atoms with van der Waals surface area (Å²) in [6.07, 6.45) is 12.3. The first-order valence-electron chi connectivity index (χ1n) is 28.5. The molecule has 10 rings (SSSR count). The van der Waals surface area contributed by atoms with E-state index in [0.717, 1.165) is 45.3 Å². The molecule has 3 aromatic heterocycles. The minimum Gasteiger partial charge on any atom is -0.953 e. The number of nitrogens with two attached hydrogens (primary N) is 2. The number of thioether (sulfide) groups is 1. The molecule has 98 heavy (non-hydrogen) atoms. The first kappa shape index (κ1) is 92.5. The van der Waals surface area contributed by atoms with Gasteiger partial charge in [0.2, 0.25) is 0 Å². The monoisotopic (exact) mass is 2370 g/mol. The molecule has 0 saturated heterocycles. The molecule has 8 N–H and O–H groups in total. The first-order valence-corrected chi connectivity index (χ1v) is 29.7. The Morgan fingerprint density at radius 2 is 0.847 bits per heavy atom. The van der Waals surface area contributed by atoms with Gasteiger partial charge in [0.25, 0.3) is 17.1 Å². The van der Waals surface area contributed by atoms with Gasteiger partial charge in [-0.3, -0.25) is 41.5 Å². The maximum Gasteiger partial charge on any atom is 1.00 e. The second kappa shape index (κ2) is 53.4. The molecule has 492 valence electrons. The molecule has 3 heterocycles. The molecule has 0 aliphatic carbocycles. The van der Waals surface area contributed by atoms with Crippen LogP contribution in [-0.2, 0) is 4.79 Å². The molecule has 7 aromatic carbocycles. The second-order valence-electron chi connectivity index (χ2n) is 16.9. The minimum atomic E-state index is -1.34. The number of nitrogens with one attached hydrogen (secondary N) is 1. The van der Waals surface area contributed by atoms with Crippen LogP contribution in [0, 0.1) is 61.3 Å². The Labute approximate surface area is 574 Å². The molecule has 0 aliphatic rings. The average molecular weight is 2370 g/mol. The Morgan fingerprint density at radius 1 is 0.551 bits per heavy atom. The van der Waals surface area contributed by atoms with E-state index in [1.165, 1.54) is 66.6 Å². The van der Waals surface area contributed by atoms with Crippen LogP contribution in [0.25, 0.3) is 62.3 Å². The van der Waals surface area contributed by atoms with Crippen molar-refractivity contribution in [1.29, 1.82) is 5.41 Å². The van der Waals surface area contributed by atoms with Crippen molar-refractivity contribution >= 4 is 64.3 Å². The van der Waals surface area contributed by atoms with Gasteiger partial charge in [-0.15, -0.1) is 23.8 Å². The number of anilines is 1. The van der Waals surface area contributed by atoms with Crippen LogP contribution in [0.15, 0.2) is 212 Å². The van der Waals surface area contributed by atoms with E-state index < -0.39 is 27.6 Å². The molecule has 0 amide bonds. The van der Waals surface area contributed by atoms with Crippen molar-refractivity contribution in [3.63, 3.8) is 0 Å². The van der Waals surface area contributed by atoms with Gasteiger partial charge in [0.15, 0.2) is 5.17 Å². The Hall–Kier alpha value is -14.2. The van der Waals surface area contributed by atoms with Crippen molar-refractivity contribution in [3.8, 4) is 56.5 Å². The fourth-order valence-electron chi connectivity index (χ4n) is 6.62. The van der Waals surface area contributed by atoms with E-state index in [9.17, 15) is 40.2 Å². The number of non-ortho nitro benzene ring substituents is 3. The summed E-state index contributed by atoms with van der Waals surface area (Å²) in [5, 5.41) is 73.8. The number of amidine groups is 1. The number of benzene rings is 7. The van der Waals surface area contributed by atoms with E-state index in [2.05, 4.69) is 48.5 Å². The van der Waals surface area contributed by atoms with Crippen LogP contribution in [0.1, 0.15) is 59.9 Å². The number of carbonyl (C=O) groups excluding carboxylic acids is 1. The predicted molar refractivity (Wildman–Crippen MR) is 368 cm³/mol. The summed E-state index contributed by atoms with van der Waals surface area (Å²) in [6.45, 7) is 15.7. The van der Waals surface area contributed by atoms with Crippen LogP contribution in [0.2, 0.25) is 0 Å². The molecule has 0 radical (unpaired) electrons. The number of aryl methyl sites for hydroxylation is 1. The largest absolute Gasteiger partial charge is 1.00 e. The average Bonchev–Trinajstić information content (AvgIpc) is 0.880. The van der Waals surface area contributed by atoms with Gasteiger partial charge >= 0.3 is 36.7 Å². The summed E-state index contributed by atoms with van der Waals surface area (Å²) < 4.78 is 0. The summed E-state index contributed by atoms with van der Waals surface area (Å²) in [5.41, 5.74) is 18.8. The van der Waals surface area contributed by atoms with E-state index >= 15 is 0 Å². The van der Waals surface area contributed by atoms with Crippen molar-refractivity contribution in [3.05, 3.63) is 273 Å². The fraction of sp³-hybridized carbons (Fsp3) is 0.147. The Balaban J connectivity index is -0.000000352. The summed E-state index contributed by atoms with van der Waals surface area (Å²) in [5.74, 6) is 1.35. The standard InChI is InChI=1S/C16H10N3O2.C16H12N3.C11H8N3O2.C9H6NO4.C6H7BO2.C2H6N2S.C2H6O.3C2H6.Na.4Rf/c20-19(21)14-8-6-12(7-9-14)15-10-11-17-16(18-15)13-4-2-1-3-5-13;17-14-8-6-12(7-9-14)15-10-11-18-16(19-15)13-4-2-1-3-5-13;1-8-12-7-6-11(13-8)9-2-4-10(5-3-9)14(15)16;11-6-5-9(12)7-1-3-8(4-2-7)10(13)14;8-7(9)6-4-2-1-3-5-6;1-5-2(3)4;1-2-3;3*1-2;;;;;/h1-10H;1-10H,17H2;2-6H,1H3;1-5,12H;1-5,8-9H;1H3,(H3,3,4);3H,2H2,1H3;3*1-2H3;;;;;/q4*-1;;;;;;;+1;;;;/p-1/b;;;9-5-;;;;;;;;;;;. The predicted octanol–water partition coefficient (Wildman–Crippen LogP) is 8.97. The number of nitrogen functional groups attached to an aromatic ring is 1. The van der Waals surface area contributed by atoms with Crippen molar-refractivity contribution < 1.29 is 69.4 Å².